The molecule has 0 amide bonds. The normalized spacial score (nSPS) is 12.1. The molecule has 83 heavy (non-hydrogen) atoms. The first-order valence-corrected chi connectivity index (χ1v) is 23.3. The van der Waals surface area contributed by atoms with Gasteiger partial charge >= 0.3 is 34.1 Å². The minimum Gasteiger partial charge on any atom is -0.665 e. The number of carbonyl (C=O) groups is 6. The van der Waals surface area contributed by atoms with E-state index in [1.165, 1.54) is 91.0 Å². The first-order valence-electron chi connectivity index (χ1n) is 23.3. The number of hydrogen-bond donors (Lipinski definition) is 15. The predicted octanol–water partition coefficient (Wildman–Crippen LogP) is 7.75. The maximum atomic E-state index is 10.4. The first kappa shape index (κ1) is 76.2. The Bertz CT molecular complexity index is 2660. The van der Waals surface area contributed by atoms with Crippen molar-refractivity contribution in [1.29, 1.82) is 0 Å². The summed E-state index contributed by atoms with van der Waals surface area (Å²) < 4.78 is 0. The number of rotatable bonds is 18. The van der Waals surface area contributed by atoms with Crippen molar-refractivity contribution in [1.82, 2.24) is 0 Å². The van der Waals surface area contributed by atoms with Crippen LogP contribution in [-0.2, 0) is 101 Å². The molecule has 0 heterocycles. The molecule has 21 N–H and O–H groups in total. The molecule has 0 spiro atoms. The van der Waals surface area contributed by atoms with Gasteiger partial charge in [-0.3, -0.25) is 28.8 Å². The molecule has 6 aromatic carbocycles. The molecule has 0 saturated carbocycles. The summed E-state index contributed by atoms with van der Waals surface area (Å²) in [5.41, 5.74) is 46.6. The van der Waals surface area contributed by atoms with Crippen molar-refractivity contribution in [2.45, 2.75) is 74.8 Å². The summed E-state index contributed by atoms with van der Waals surface area (Å²) in [4.78, 5) is 62.1. The number of hydrogen-bond acceptors (Lipinski definition) is 15. The van der Waals surface area contributed by atoms with E-state index in [-0.39, 0.29) is 124 Å². The van der Waals surface area contributed by atoms with Crippen LogP contribution in [0.2, 0.25) is 0 Å². The number of aliphatic carboxylic acids is 6. The maximum Gasteiger partial charge on any atom is 3.00 e. The number of carboxylic acids is 6. The van der Waals surface area contributed by atoms with Gasteiger partial charge in [0.05, 0.1) is 0 Å². The van der Waals surface area contributed by atoms with Gasteiger partial charge in [0.25, 0.3) is 35.8 Å². The first-order chi connectivity index (χ1) is 37.8. The van der Waals surface area contributed by atoms with E-state index in [0.29, 0.717) is 16.7 Å². The molecule has 0 aliphatic heterocycles. The van der Waals surface area contributed by atoms with Gasteiger partial charge in [0, 0.05) is 0 Å². The monoisotopic (exact) mass is 1240 g/mol. The van der Waals surface area contributed by atoms with E-state index < -0.39 is 72.1 Å². The van der Waals surface area contributed by atoms with Gasteiger partial charge in [-0.15, -0.1) is 0 Å². The Morgan fingerprint density at radius 1 is 0.253 bits per heavy atom. The van der Waals surface area contributed by atoms with Gasteiger partial charge in [0.2, 0.25) is 0 Å². The summed E-state index contributed by atoms with van der Waals surface area (Å²) in [7, 11) is 0. The van der Waals surface area contributed by atoms with Gasteiger partial charge in [-0.1, -0.05) is 54.6 Å². The van der Waals surface area contributed by atoms with Crippen LogP contribution >= 0.6 is 0 Å². The molecular formula is C54H60Fe2N6O21. The Kier molecular flexibility index (Phi) is 35.6. The fraction of sp³-hybridized carbons (Fsp3) is 0.222. The fourth-order valence-electron chi connectivity index (χ4n) is 5.92. The van der Waals surface area contributed by atoms with Crippen LogP contribution in [0.3, 0.4) is 0 Å². The van der Waals surface area contributed by atoms with E-state index in [9.17, 15) is 28.8 Å². The summed E-state index contributed by atoms with van der Waals surface area (Å²) in [5, 5.41) is 132. The third-order valence-electron chi connectivity index (χ3n) is 10.4. The van der Waals surface area contributed by atoms with Crippen LogP contribution in [0.5, 0.6) is 51.7 Å². The Morgan fingerprint density at radius 3 is 0.542 bits per heavy atom. The van der Waals surface area contributed by atoms with Crippen LogP contribution in [0, 0.1) is 0 Å². The average Bonchev–Trinajstić information content (AvgIpc) is 3.42. The van der Waals surface area contributed by atoms with E-state index in [1.54, 1.807) is 36.4 Å². The van der Waals surface area contributed by atoms with Gasteiger partial charge in [-0.05, 0) is 181 Å². The molecule has 27 nitrogen and oxygen atoms in total. The van der Waals surface area contributed by atoms with Crippen molar-refractivity contribution in [2.24, 2.45) is 0 Å². The summed E-state index contributed by atoms with van der Waals surface area (Å²) in [6.07, 6.45) is 0.496. The second-order valence-electron chi connectivity index (χ2n) is 17.0. The van der Waals surface area contributed by atoms with Crippen molar-refractivity contribution in [3.05, 3.63) is 195 Å². The van der Waals surface area contributed by atoms with E-state index in [1.807, 2.05) is 0 Å². The number of nitrogens with one attached hydrogen (secondary N) is 6. The summed E-state index contributed by atoms with van der Waals surface area (Å²) in [6, 6.07) is 23.3. The molecule has 0 fully saturated rings. The molecule has 6 atom stereocenters. The second kappa shape index (κ2) is 38.7. The summed E-state index contributed by atoms with van der Waals surface area (Å²) in [5.74, 6) is -8.30. The molecular weight excluding hydrogens is 1180 g/mol. The van der Waals surface area contributed by atoms with E-state index >= 15 is 0 Å². The third-order valence-corrected chi connectivity index (χ3v) is 10.4. The van der Waals surface area contributed by atoms with Crippen LogP contribution in [0.4, 0.5) is 0 Å². The van der Waals surface area contributed by atoms with Crippen LogP contribution in [-0.4, -0.2) is 149 Å². The van der Waals surface area contributed by atoms with Crippen molar-refractivity contribution in [3.63, 3.8) is 0 Å². The van der Waals surface area contributed by atoms with E-state index in [0.717, 1.165) is 16.7 Å². The minimum atomic E-state index is -1.25. The van der Waals surface area contributed by atoms with E-state index in [2.05, 4.69) is 0 Å². The van der Waals surface area contributed by atoms with Gasteiger partial charge in [-0.25, -0.2) is 0 Å². The molecule has 6 aromatic rings. The molecule has 2 radical (unpaired) electrons. The maximum absolute atomic E-state index is 10.4. The molecule has 0 bridgehead atoms. The summed E-state index contributed by atoms with van der Waals surface area (Å²) in [6.45, 7) is 0. The third kappa shape index (κ3) is 31.7. The van der Waals surface area contributed by atoms with Crippen LogP contribution in [0.15, 0.2) is 127 Å². The van der Waals surface area contributed by atoms with Crippen LogP contribution < -0.4 is 0 Å². The number of phenols is 9. The Balaban J connectivity index is 0. The van der Waals surface area contributed by atoms with Crippen molar-refractivity contribution in [3.8, 4) is 51.7 Å². The van der Waals surface area contributed by atoms with Gasteiger partial charge in [0.1, 0.15) is 17.2 Å². The largest absolute Gasteiger partial charge is 3.00 e. The Morgan fingerprint density at radius 2 is 0.398 bits per heavy atom. The van der Waals surface area contributed by atoms with E-state index in [4.69, 9.17) is 111 Å². The van der Waals surface area contributed by atoms with Crippen LogP contribution in [0.1, 0.15) is 33.4 Å². The number of phenolic OH excluding ortho intramolecular Hbond substituents is 9. The molecule has 0 aromatic heterocycles. The van der Waals surface area contributed by atoms with Gasteiger partial charge in [0.15, 0.2) is 34.5 Å². The van der Waals surface area contributed by atoms with Crippen LogP contribution in [0.25, 0.3) is 34.4 Å². The molecule has 0 saturated heterocycles. The number of benzene rings is 6. The summed E-state index contributed by atoms with van der Waals surface area (Å²) >= 11 is 0. The van der Waals surface area contributed by atoms with Crippen molar-refractivity contribution >= 4 is 35.8 Å². The SMILES string of the molecule is [Fe+3].[Fe+3].[NH-]C(Cc1ccc(O)c(O)c1)C(=O)O.[NH-]C(Cc1ccc(O)c(O)c1)C(=O)O.[NH-]C(Cc1ccc(O)c(O)c1)C(=O)O.[NH-]C(Cc1ccc(O)cc1)C(=O)O.[NH-]C(Cc1ccc(O)cc1)C(=O)O.[NH-]C(Cc1ccc(O)cc1)C(=O)O. The molecule has 29 heteroatoms. The zero-order chi connectivity index (χ0) is 61.7. The van der Waals surface area contributed by atoms with Crippen molar-refractivity contribution < 1.29 is 140 Å². The quantitative estimate of drug-likeness (QED) is 0.0289. The van der Waals surface area contributed by atoms with Gasteiger partial charge < -0.3 is 111 Å². The zero-order valence-corrected chi connectivity index (χ0v) is 45.4. The molecule has 448 valence electrons. The van der Waals surface area contributed by atoms with Crippen molar-refractivity contribution in [2.75, 3.05) is 0 Å². The Labute approximate surface area is 494 Å². The zero-order valence-electron chi connectivity index (χ0n) is 43.2. The second-order valence-corrected chi connectivity index (χ2v) is 17.0. The molecule has 6 unspecified atom stereocenters. The minimum absolute atomic E-state index is 0. The molecule has 6 rings (SSSR count). The fourth-order valence-corrected chi connectivity index (χ4v) is 5.92. The smallest absolute Gasteiger partial charge is 0.665 e. The standard InChI is InChI=1S/3C9H10NO4.3C9H10NO3.2Fe/c3*10-6(9(13)14)3-5-1-2-7(11)8(12)4-5;3*10-8(9(12)13)5-6-1-3-7(11)4-2-6;;/h3*1-2,4,6,10-12H,3H2,(H,13,14);3*1-4,8,10-11H,5H2,(H,12,13);;/q6*-1;2*+3. The number of aromatic hydroxyl groups is 9. The topological polar surface area (TPSA) is 549 Å². The van der Waals surface area contributed by atoms with Gasteiger partial charge in [-0.2, -0.15) is 0 Å². The molecule has 0 aliphatic carbocycles. The average molecular weight is 1240 g/mol. The molecule has 0 aliphatic rings. The number of carboxylic acid groups (broad SMARTS) is 6. The predicted molar refractivity (Wildman–Crippen MR) is 290 cm³/mol. The Hall–Kier alpha value is -8.86.